The molecule has 1 amide bonds. The third kappa shape index (κ3) is 3.49. The van der Waals surface area contributed by atoms with Gasteiger partial charge < -0.3 is 14.4 Å². The summed E-state index contributed by atoms with van der Waals surface area (Å²) in [6.45, 7) is 12.5. The predicted molar refractivity (Wildman–Crippen MR) is 80.0 cm³/mol. The zero-order chi connectivity index (χ0) is 15.7. The number of carboxylic acids is 1. The predicted octanol–water partition coefficient (Wildman–Crippen LogP) is 2.25. The minimum atomic E-state index is -2.05. The smallest absolute Gasteiger partial charge is 0.330 e. The number of carboxylic acid groups (broad SMARTS) is 1. The first-order chi connectivity index (χ1) is 8.97. The molecule has 0 aliphatic carbocycles. The molecule has 0 radical (unpaired) electrons. The number of aliphatic carboxylic acids is 1. The van der Waals surface area contributed by atoms with Gasteiger partial charge in [0.1, 0.15) is 12.1 Å². The van der Waals surface area contributed by atoms with Crippen molar-refractivity contribution in [3.63, 3.8) is 0 Å². The van der Waals surface area contributed by atoms with Crippen LogP contribution in [0.3, 0.4) is 0 Å². The average Bonchev–Trinajstić information content (AvgIpc) is 2.74. The van der Waals surface area contributed by atoms with Crippen LogP contribution in [0.15, 0.2) is 12.2 Å². The molecule has 2 atom stereocenters. The summed E-state index contributed by atoms with van der Waals surface area (Å²) in [7, 11) is -2.05. The van der Waals surface area contributed by atoms with E-state index in [9.17, 15) is 9.59 Å². The highest BCUT2D eigenvalue weighted by Gasteiger charge is 2.41. The average molecular weight is 299 g/mol. The van der Waals surface area contributed by atoms with Crippen LogP contribution in [-0.4, -0.2) is 48.9 Å². The lowest BCUT2D eigenvalue weighted by molar-refractivity contribution is -0.150. The molecular weight excluding hydrogens is 274 g/mol. The molecule has 0 spiro atoms. The number of carbonyl (C=O) groups excluding carboxylic acids is 1. The maximum absolute atomic E-state index is 12.4. The van der Waals surface area contributed by atoms with Gasteiger partial charge in [-0.2, -0.15) is 0 Å². The van der Waals surface area contributed by atoms with Crippen molar-refractivity contribution in [3.05, 3.63) is 12.2 Å². The third-order valence-corrected chi connectivity index (χ3v) is 8.67. The van der Waals surface area contributed by atoms with Crippen molar-refractivity contribution in [2.75, 3.05) is 6.54 Å². The SMILES string of the molecule is C[C@H](O[Si](C)(C)C(C)(C)C)C(=O)N1CC=C[C@H]1C(=O)O. The standard InChI is InChI=1S/C14H25NO4Si/c1-10(19-20(5,6)14(2,3)4)12(16)15-9-7-8-11(15)13(17)18/h7-8,10-11H,9H2,1-6H3,(H,17,18)/t10-,11-/m0/s1. The summed E-state index contributed by atoms with van der Waals surface area (Å²) >= 11 is 0. The molecule has 0 fully saturated rings. The Morgan fingerprint density at radius 3 is 2.40 bits per heavy atom. The second-order valence-corrected chi connectivity index (χ2v) is 11.5. The minimum Gasteiger partial charge on any atom is -0.479 e. The van der Waals surface area contributed by atoms with Crippen molar-refractivity contribution in [3.8, 4) is 0 Å². The summed E-state index contributed by atoms with van der Waals surface area (Å²) in [6.07, 6.45) is 2.63. The van der Waals surface area contributed by atoms with Crippen LogP contribution < -0.4 is 0 Å². The van der Waals surface area contributed by atoms with Crippen molar-refractivity contribution < 1.29 is 19.1 Å². The maximum atomic E-state index is 12.4. The zero-order valence-corrected chi connectivity index (χ0v) is 14.1. The maximum Gasteiger partial charge on any atom is 0.330 e. The number of hydrogen-bond acceptors (Lipinski definition) is 3. The van der Waals surface area contributed by atoms with Crippen molar-refractivity contribution >= 4 is 20.2 Å². The van der Waals surface area contributed by atoms with Gasteiger partial charge in [-0.15, -0.1) is 0 Å². The van der Waals surface area contributed by atoms with Gasteiger partial charge in [-0.25, -0.2) is 4.79 Å². The molecule has 1 heterocycles. The van der Waals surface area contributed by atoms with Crippen LogP contribution in [-0.2, 0) is 14.0 Å². The largest absolute Gasteiger partial charge is 0.479 e. The minimum absolute atomic E-state index is 0.0109. The van der Waals surface area contributed by atoms with Crippen molar-refractivity contribution in [2.45, 2.75) is 58.0 Å². The fourth-order valence-corrected chi connectivity index (χ4v) is 3.20. The second kappa shape index (κ2) is 5.69. The quantitative estimate of drug-likeness (QED) is 0.638. The van der Waals surface area contributed by atoms with Gasteiger partial charge in [0, 0.05) is 6.54 Å². The molecule has 0 saturated heterocycles. The molecule has 0 bridgehead atoms. The monoisotopic (exact) mass is 299 g/mol. The molecule has 1 rings (SSSR count). The van der Waals surface area contributed by atoms with Crippen LogP contribution in [0.25, 0.3) is 0 Å². The summed E-state index contributed by atoms with van der Waals surface area (Å²) < 4.78 is 6.03. The lowest BCUT2D eigenvalue weighted by atomic mass is 10.2. The van der Waals surface area contributed by atoms with Gasteiger partial charge in [-0.05, 0) is 25.1 Å². The van der Waals surface area contributed by atoms with Gasteiger partial charge in [0.05, 0.1) is 0 Å². The highest BCUT2D eigenvalue weighted by molar-refractivity contribution is 6.74. The molecule has 0 unspecified atom stereocenters. The van der Waals surface area contributed by atoms with E-state index in [1.807, 2.05) is 0 Å². The molecule has 114 valence electrons. The Balaban J connectivity index is 2.76. The van der Waals surface area contributed by atoms with E-state index in [4.69, 9.17) is 9.53 Å². The molecule has 0 aromatic heterocycles. The summed E-state index contributed by atoms with van der Waals surface area (Å²) in [6, 6.07) is -0.868. The summed E-state index contributed by atoms with van der Waals surface area (Å²) in [5.74, 6) is -1.26. The van der Waals surface area contributed by atoms with Crippen molar-refractivity contribution in [1.82, 2.24) is 4.90 Å². The first-order valence-corrected chi connectivity index (χ1v) is 9.76. The molecule has 0 aromatic rings. The van der Waals surface area contributed by atoms with Crippen molar-refractivity contribution in [2.24, 2.45) is 0 Å². The van der Waals surface area contributed by atoms with E-state index < -0.39 is 26.4 Å². The molecule has 0 saturated carbocycles. The molecule has 1 aliphatic rings. The Kier molecular flexibility index (Phi) is 4.81. The van der Waals surface area contributed by atoms with E-state index >= 15 is 0 Å². The molecule has 1 aliphatic heterocycles. The van der Waals surface area contributed by atoms with Gasteiger partial charge >= 0.3 is 5.97 Å². The van der Waals surface area contributed by atoms with Gasteiger partial charge in [-0.1, -0.05) is 32.9 Å². The van der Waals surface area contributed by atoms with E-state index in [1.165, 1.54) is 4.90 Å². The topological polar surface area (TPSA) is 66.8 Å². The van der Waals surface area contributed by atoms with Crippen LogP contribution in [0, 0.1) is 0 Å². The molecular formula is C14H25NO4Si. The third-order valence-electron chi connectivity index (χ3n) is 4.12. The van der Waals surface area contributed by atoms with Gasteiger partial charge in [0.15, 0.2) is 8.32 Å². The lowest BCUT2D eigenvalue weighted by Crippen LogP contribution is -2.51. The van der Waals surface area contributed by atoms with Gasteiger partial charge in [0.2, 0.25) is 0 Å². The van der Waals surface area contributed by atoms with E-state index in [1.54, 1.807) is 19.1 Å². The van der Waals surface area contributed by atoms with Gasteiger partial charge in [0.25, 0.3) is 5.91 Å². The van der Waals surface area contributed by atoms with E-state index in [-0.39, 0.29) is 10.9 Å². The first-order valence-electron chi connectivity index (χ1n) is 6.85. The molecule has 0 aromatic carbocycles. The molecule has 5 nitrogen and oxygen atoms in total. The fourth-order valence-electron chi connectivity index (χ4n) is 1.87. The Morgan fingerprint density at radius 2 is 1.95 bits per heavy atom. The summed E-state index contributed by atoms with van der Waals surface area (Å²) in [5.41, 5.74) is 0. The van der Waals surface area contributed by atoms with Crippen LogP contribution in [0.1, 0.15) is 27.7 Å². The van der Waals surface area contributed by atoms with Crippen LogP contribution >= 0.6 is 0 Å². The number of nitrogens with zero attached hydrogens (tertiary/aromatic N) is 1. The first kappa shape index (κ1) is 16.9. The van der Waals surface area contributed by atoms with E-state index in [0.717, 1.165) is 0 Å². The molecule has 20 heavy (non-hydrogen) atoms. The normalized spacial score (nSPS) is 21.1. The number of hydrogen-bond donors (Lipinski definition) is 1. The Labute approximate surface area is 121 Å². The number of amides is 1. The highest BCUT2D eigenvalue weighted by atomic mass is 28.4. The summed E-state index contributed by atoms with van der Waals surface area (Å²) in [4.78, 5) is 24.8. The van der Waals surface area contributed by atoms with Crippen LogP contribution in [0.2, 0.25) is 18.1 Å². The highest BCUT2D eigenvalue weighted by Crippen LogP contribution is 2.37. The molecule has 6 heteroatoms. The number of carbonyl (C=O) groups is 2. The Morgan fingerprint density at radius 1 is 1.40 bits per heavy atom. The van der Waals surface area contributed by atoms with E-state index in [2.05, 4.69) is 33.9 Å². The van der Waals surface area contributed by atoms with Crippen LogP contribution in [0.5, 0.6) is 0 Å². The second-order valence-electron chi connectivity index (χ2n) is 6.72. The van der Waals surface area contributed by atoms with Gasteiger partial charge in [-0.3, -0.25) is 4.79 Å². The van der Waals surface area contributed by atoms with Crippen molar-refractivity contribution in [1.29, 1.82) is 0 Å². The lowest BCUT2D eigenvalue weighted by Gasteiger charge is -2.39. The Bertz CT molecular complexity index is 425. The zero-order valence-electron chi connectivity index (χ0n) is 13.1. The fraction of sp³-hybridized carbons (Fsp3) is 0.714. The van der Waals surface area contributed by atoms with E-state index in [0.29, 0.717) is 6.54 Å². The molecule has 1 N–H and O–H groups in total. The summed E-state index contributed by atoms with van der Waals surface area (Å²) in [5, 5.41) is 9.11. The van der Waals surface area contributed by atoms with Crippen LogP contribution in [0.4, 0.5) is 0 Å². The Hall–Kier alpha value is -1.14. The number of rotatable bonds is 4.